The van der Waals surface area contributed by atoms with Crippen LogP contribution in [0.25, 0.3) is 0 Å². The van der Waals surface area contributed by atoms with Crippen LogP contribution in [-0.4, -0.2) is 37.9 Å². The molecule has 378 valence electrons. The Morgan fingerprint density at radius 2 is 0.682 bits per heavy atom. The molecule has 0 aliphatic carbocycles. The second kappa shape index (κ2) is 56.1. The molecule has 0 bridgehead atoms. The minimum atomic E-state index is -0.578. The van der Waals surface area contributed by atoms with Crippen LogP contribution in [0.4, 0.5) is 0 Å². The summed E-state index contributed by atoms with van der Waals surface area (Å²) in [6, 6.07) is 0. The minimum Gasteiger partial charge on any atom is -0.462 e. The van der Waals surface area contributed by atoms with E-state index in [1.54, 1.807) is 0 Å². The summed E-state index contributed by atoms with van der Waals surface area (Å²) in [6.45, 7) is 7.49. The van der Waals surface area contributed by atoms with Crippen molar-refractivity contribution in [3.63, 3.8) is 0 Å². The van der Waals surface area contributed by atoms with E-state index in [4.69, 9.17) is 14.2 Å². The lowest BCUT2D eigenvalue weighted by atomic mass is 10.0. The third kappa shape index (κ3) is 53.4. The van der Waals surface area contributed by atoms with E-state index >= 15 is 0 Å². The van der Waals surface area contributed by atoms with Gasteiger partial charge in [0.25, 0.3) is 0 Å². The maximum atomic E-state index is 12.8. The zero-order valence-electron chi connectivity index (χ0n) is 43.4. The lowest BCUT2D eigenvalue weighted by Crippen LogP contribution is -2.30. The van der Waals surface area contributed by atoms with Crippen molar-refractivity contribution in [2.24, 2.45) is 0 Å². The maximum Gasteiger partial charge on any atom is 0.306 e. The van der Waals surface area contributed by atoms with Crippen molar-refractivity contribution in [3.05, 3.63) is 97.2 Å². The zero-order valence-corrected chi connectivity index (χ0v) is 43.4. The summed E-state index contributed by atoms with van der Waals surface area (Å²) >= 11 is 0. The average molecular weight is 917 g/mol. The Bertz CT molecular complexity index is 1270. The number of hydrogen-bond acceptors (Lipinski definition) is 5. The summed E-state index contributed by atoms with van der Waals surface area (Å²) < 4.78 is 17.4. The van der Waals surface area contributed by atoms with Crippen LogP contribution in [0.1, 0.15) is 252 Å². The first-order chi connectivity index (χ1) is 32.6. The molecule has 0 heterocycles. The van der Waals surface area contributed by atoms with Crippen molar-refractivity contribution in [1.29, 1.82) is 0 Å². The minimum absolute atomic E-state index is 0.0534. The molecule has 0 spiro atoms. The molecule has 5 nitrogen and oxygen atoms in total. The predicted molar refractivity (Wildman–Crippen MR) is 288 cm³/mol. The van der Waals surface area contributed by atoms with Crippen LogP contribution in [-0.2, 0) is 23.8 Å². The van der Waals surface area contributed by atoms with Gasteiger partial charge in [-0.15, -0.1) is 0 Å². The van der Waals surface area contributed by atoms with Gasteiger partial charge in [0, 0.05) is 19.4 Å². The van der Waals surface area contributed by atoms with E-state index in [9.17, 15) is 9.59 Å². The molecule has 0 rings (SSSR count). The number of esters is 2. The first-order valence-corrected chi connectivity index (χ1v) is 27.8. The third-order valence-corrected chi connectivity index (χ3v) is 11.6. The second-order valence-electron chi connectivity index (χ2n) is 18.1. The van der Waals surface area contributed by atoms with Crippen LogP contribution in [0.5, 0.6) is 0 Å². The highest BCUT2D eigenvalue weighted by molar-refractivity contribution is 5.70. The molecule has 0 aromatic carbocycles. The molecule has 0 aliphatic heterocycles. The molecule has 66 heavy (non-hydrogen) atoms. The normalized spacial score (nSPS) is 13.0. The third-order valence-electron chi connectivity index (χ3n) is 11.6. The molecule has 0 aromatic rings. The first-order valence-electron chi connectivity index (χ1n) is 27.8. The van der Waals surface area contributed by atoms with Gasteiger partial charge in [-0.1, -0.05) is 240 Å². The molecule has 1 unspecified atom stereocenters. The largest absolute Gasteiger partial charge is 0.462 e. The molecule has 0 saturated heterocycles. The van der Waals surface area contributed by atoms with E-state index in [1.165, 1.54) is 109 Å². The Labute approximate surface area is 409 Å². The number of rotatable bonds is 50. The number of carbonyl (C=O) groups excluding carboxylic acids is 2. The SMILES string of the molecule is CC/C=C\C/C=C\C/C=C\C/C=C\C/C=C\CCCCOCC(COC(=O)CCCCCCCCCCCCCCCCCCCCC)OC(=O)CCCCC/C=C\C/C=C\C/C=C\CC. The van der Waals surface area contributed by atoms with Gasteiger partial charge in [-0.05, 0) is 96.3 Å². The molecule has 0 N–H and O–H groups in total. The van der Waals surface area contributed by atoms with Gasteiger partial charge in [0.2, 0.25) is 0 Å². The van der Waals surface area contributed by atoms with Gasteiger partial charge in [0.1, 0.15) is 6.61 Å². The molecule has 0 aliphatic rings. The summed E-state index contributed by atoms with van der Waals surface area (Å²) in [6.07, 6.45) is 75.8. The lowest BCUT2D eigenvalue weighted by molar-refractivity contribution is -0.163. The molecule has 0 radical (unpaired) electrons. The highest BCUT2D eigenvalue weighted by Gasteiger charge is 2.17. The van der Waals surface area contributed by atoms with Crippen LogP contribution in [0.15, 0.2) is 97.2 Å². The van der Waals surface area contributed by atoms with Crippen molar-refractivity contribution in [2.75, 3.05) is 19.8 Å². The standard InChI is InChI=1S/C61H104O5/c1-4-7-10-13-16-19-22-25-27-29-31-32-34-37-39-42-45-48-51-54-60(62)65-58-59(66-61(63)55-52-49-46-43-40-36-24-21-18-15-12-9-6-3)57-64-56-53-50-47-44-41-38-35-33-30-28-26-23-20-17-14-11-8-5-2/h8-9,11-12,17-18,20-21,26,28,33,35-36,40-41,44,59H,4-7,10,13-16,19,22-25,27,29-32,34,37-39,42-43,45-58H2,1-3H3/b11-8-,12-9-,20-17-,21-18-,28-26-,35-33-,40-36-,44-41-. The van der Waals surface area contributed by atoms with Crippen LogP contribution >= 0.6 is 0 Å². The van der Waals surface area contributed by atoms with Crippen LogP contribution in [0.3, 0.4) is 0 Å². The smallest absolute Gasteiger partial charge is 0.306 e. The highest BCUT2D eigenvalue weighted by atomic mass is 16.6. The Balaban J connectivity index is 4.34. The van der Waals surface area contributed by atoms with E-state index < -0.39 is 6.10 Å². The van der Waals surface area contributed by atoms with Crippen LogP contribution < -0.4 is 0 Å². The van der Waals surface area contributed by atoms with Gasteiger partial charge < -0.3 is 14.2 Å². The van der Waals surface area contributed by atoms with E-state index in [0.717, 1.165) is 109 Å². The molecule has 0 fully saturated rings. The molecule has 1 atom stereocenters. The predicted octanol–water partition coefficient (Wildman–Crippen LogP) is 19.0. The van der Waals surface area contributed by atoms with E-state index in [0.29, 0.717) is 19.4 Å². The summed E-state index contributed by atoms with van der Waals surface area (Å²) in [5, 5.41) is 0. The number of ether oxygens (including phenoxy) is 3. The Morgan fingerprint density at radius 3 is 1.09 bits per heavy atom. The van der Waals surface area contributed by atoms with Gasteiger partial charge in [0.05, 0.1) is 6.61 Å². The summed E-state index contributed by atoms with van der Waals surface area (Å²) in [5.41, 5.74) is 0. The number of hydrogen-bond donors (Lipinski definition) is 0. The van der Waals surface area contributed by atoms with Gasteiger partial charge in [0.15, 0.2) is 6.10 Å². The van der Waals surface area contributed by atoms with Crippen molar-refractivity contribution < 1.29 is 23.8 Å². The lowest BCUT2D eigenvalue weighted by Gasteiger charge is -2.18. The van der Waals surface area contributed by atoms with Gasteiger partial charge >= 0.3 is 11.9 Å². The fraction of sp³-hybridized carbons (Fsp3) is 0.705. The van der Waals surface area contributed by atoms with Crippen LogP contribution in [0, 0.1) is 0 Å². The van der Waals surface area contributed by atoms with Crippen molar-refractivity contribution in [2.45, 2.75) is 258 Å². The maximum absolute atomic E-state index is 12.8. The molecule has 0 saturated carbocycles. The zero-order chi connectivity index (χ0) is 47.7. The van der Waals surface area contributed by atoms with Crippen molar-refractivity contribution >= 4 is 11.9 Å². The van der Waals surface area contributed by atoms with E-state index in [2.05, 4.69) is 118 Å². The number of allylic oxidation sites excluding steroid dienone is 16. The van der Waals surface area contributed by atoms with Crippen LogP contribution in [0.2, 0.25) is 0 Å². The molecular weight excluding hydrogens is 813 g/mol. The molecular formula is C61H104O5. The Morgan fingerprint density at radius 1 is 0.348 bits per heavy atom. The second-order valence-corrected chi connectivity index (χ2v) is 18.1. The Kier molecular flexibility index (Phi) is 53.4. The number of unbranched alkanes of at least 4 members (excludes halogenated alkanes) is 23. The molecule has 0 aromatic heterocycles. The van der Waals surface area contributed by atoms with E-state index in [-0.39, 0.29) is 25.2 Å². The van der Waals surface area contributed by atoms with Gasteiger partial charge in [-0.25, -0.2) is 0 Å². The topological polar surface area (TPSA) is 61.8 Å². The van der Waals surface area contributed by atoms with Crippen molar-refractivity contribution in [3.8, 4) is 0 Å². The fourth-order valence-electron chi connectivity index (χ4n) is 7.55. The number of carbonyl (C=O) groups is 2. The summed E-state index contributed by atoms with van der Waals surface area (Å²) in [5.74, 6) is -0.452. The first kappa shape index (κ1) is 62.8. The summed E-state index contributed by atoms with van der Waals surface area (Å²) in [7, 11) is 0. The monoisotopic (exact) mass is 917 g/mol. The molecule has 0 amide bonds. The average Bonchev–Trinajstić information content (AvgIpc) is 3.32. The van der Waals surface area contributed by atoms with Gasteiger partial charge in [-0.2, -0.15) is 0 Å². The fourth-order valence-corrected chi connectivity index (χ4v) is 7.55. The molecule has 5 heteroatoms. The Hall–Kier alpha value is -3.18. The van der Waals surface area contributed by atoms with Gasteiger partial charge in [-0.3, -0.25) is 9.59 Å². The van der Waals surface area contributed by atoms with E-state index in [1.807, 2.05) is 0 Å². The quantitative estimate of drug-likeness (QED) is 0.0346. The van der Waals surface area contributed by atoms with Crippen molar-refractivity contribution in [1.82, 2.24) is 0 Å². The summed E-state index contributed by atoms with van der Waals surface area (Å²) in [4.78, 5) is 25.5. The highest BCUT2D eigenvalue weighted by Crippen LogP contribution is 2.16.